The highest BCUT2D eigenvalue weighted by Crippen LogP contribution is 2.09. The number of anilines is 1. The van der Waals surface area contributed by atoms with Crippen molar-refractivity contribution in [3.05, 3.63) is 47.8 Å². The normalized spacial score (nSPS) is 10.4. The maximum atomic E-state index is 11.7. The molecule has 0 radical (unpaired) electrons. The largest absolute Gasteiger partial charge is 0.478 e. The molecule has 1 amide bonds. The average molecular weight is 332 g/mol. The molecule has 24 heavy (non-hydrogen) atoms. The highest BCUT2D eigenvalue weighted by Gasteiger charge is 2.05. The molecular formula is C16H20N4O4. The Morgan fingerprint density at radius 2 is 2.04 bits per heavy atom. The zero-order valence-corrected chi connectivity index (χ0v) is 13.4. The fraction of sp³-hybridized carbons (Fsp3) is 0.312. The average Bonchev–Trinajstić information content (AvgIpc) is 3.01. The number of hydrogen-bond acceptors (Lipinski definition) is 5. The SMILES string of the molecule is COCCNC(=O)Cn1cc(NCc2ccc(C(=O)O)cc2)cn1. The van der Waals surface area contributed by atoms with Crippen LogP contribution in [0.3, 0.4) is 0 Å². The molecule has 3 N–H and O–H groups in total. The van der Waals surface area contributed by atoms with Crippen LogP contribution in [0.4, 0.5) is 5.69 Å². The number of rotatable bonds is 9. The number of carboxylic acids is 1. The van der Waals surface area contributed by atoms with E-state index in [1.807, 2.05) is 0 Å². The van der Waals surface area contributed by atoms with Gasteiger partial charge in [0, 0.05) is 26.4 Å². The Labute approximate surface area is 139 Å². The molecule has 128 valence electrons. The highest BCUT2D eigenvalue weighted by molar-refractivity contribution is 5.87. The lowest BCUT2D eigenvalue weighted by Crippen LogP contribution is -2.30. The van der Waals surface area contributed by atoms with Crippen LogP contribution in [-0.4, -0.2) is 47.0 Å². The molecule has 0 bridgehead atoms. The van der Waals surface area contributed by atoms with Gasteiger partial charge in [0.25, 0.3) is 0 Å². The molecule has 2 aromatic rings. The second kappa shape index (κ2) is 8.68. The van der Waals surface area contributed by atoms with Gasteiger partial charge in [-0.2, -0.15) is 5.10 Å². The Bertz CT molecular complexity index is 682. The number of nitrogens with one attached hydrogen (secondary N) is 2. The van der Waals surface area contributed by atoms with Crippen LogP contribution in [0.1, 0.15) is 15.9 Å². The molecule has 8 heteroatoms. The van der Waals surface area contributed by atoms with Gasteiger partial charge in [0.05, 0.1) is 24.1 Å². The Hall–Kier alpha value is -2.87. The molecule has 2 rings (SSSR count). The van der Waals surface area contributed by atoms with Crippen LogP contribution in [0.5, 0.6) is 0 Å². The molecule has 1 heterocycles. The van der Waals surface area contributed by atoms with E-state index >= 15 is 0 Å². The lowest BCUT2D eigenvalue weighted by Gasteiger charge is -2.05. The van der Waals surface area contributed by atoms with E-state index in [1.54, 1.807) is 43.8 Å². The first-order valence-electron chi connectivity index (χ1n) is 7.42. The molecule has 0 saturated carbocycles. The summed E-state index contributed by atoms with van der Waals surface area (Å²) in [5, 5.41) is 18.9. The smallest absolute Gasteiger partial charge is 0.335 e. The van der Waals surface area contributed by atoms with Crippen molar-refractivity contribution in [2.45, 2.75) is 13.1 Å². The van der Waals surface area contributed by atoms with Crippen LogP contribution < -0.4 is 10.6 Å². The van der Waals surface area contributed by atoms with Gasteiger partial charge < -0.3 is 20.5 Å². The molecule has 0 saturated heterocycles. The van der Waals surface area contributed by atoms with Gasteiger partial charge in [-0.25, -0.2) is 4.79 Å². The molecule has 0 fully saturated rings. The first-order valence-corrected chi connectivity index (χ1v) is 7.42. The number of hydrogen-bond donors (Lipinski definition) is 3. The molecule has 0 atom stereocenters. The lowest BCUT2D eigenvalue weighted by molar-refractivity contribution is -0.122. The summed E-state index contributed by atoms with van der Waals surface area (Å²) in [7, 11) is 1.58. The zero-order chi connectivity index (χ0) is 17.4. The van der Waals surface area contributed by atoms with Crippen molar-refractivity contribution in [3.63, 3.8) is 0 Å². The number of aromatic carboxylic acids is 1. The Kier molecular flexibility index (Phi) is 6.32. The third-order valence-corrected chi connectivity index (χ3v) is 3.26. The molecule has 0 aliphatic rings. The van der Waals surface area contributed by atoms with Crippen LogP contribution in [-0.2, 0) is 22.6 Å². The molecular weight excluding hydrogens is 312 g/mol. The quantitative estimate of drug-likeness (QED) is 0.591. The predicted molar refractivity (Wildman–Crippen MR) is 87.8 cm³/mol. The summed E-state index contributed by atoms with van der Waals surface area (Å²) in [5.74, 6) is -1.08. The summed E-state index contributed by atoms with van der Waals surface area (Å²) in [4.78, 5) is 22.5. The number of amides is 1. The van der Waals surface area contributed by atoms with Crippen molar-refractivity contribution in [3.8, 4) is 0 Å². The van der Waals surface area contributed by atoms with E-state index in [0.717, 1.165) is 11.3 Å². The Morgan fingerprint density at radius 1 is 1.29 bits per heavy atom. The molecule has 1 aromatic carbocycles. The molecule has 0 unspecified atom stereocenters. The Morgan fingerprint density at radius 3 is 2.71 bits per heavy atom. The van der Waals surface area contributed by atoms with E-state index in [-0.39, 0.29) is 18.0 Å². The summed E-state index contributed by atoms with van der Waals surface area (Å²) in [6, 6.07) is 6.63. The van der Waals surface area contributed by atoms with Crippen LogP contribution in [0, 0.1) is 0 Å². The van der Waals surface area contributed by atoms with E-state index in [4.69, 9.17) is 9.84 Å². The van der Waals surface area contributed by atoms with Gasteiger partial charge in [-0.05, 0) is 17.7 Å². The van der Waals surface area contributed by atoms with Crippen LogP contribution >= 0.6 is 0 Å². The topological polar surface area (TPSA) is 105 Å². The van der Waals surface area contributed by atoms with Gasteiger partial charge in [-0.15, -0.1) is 0 Å². The molecule has 1 aromatic heterocycles. The first kappa shape index (κ1) is 17.5. The van der Waals surface area contributed by atoms with Crippen molar-refractivity contribution in [2.24, 2.45) is 0 Å². The summed E-state index contributed by atoms with van der Waals surface area (Å²) < 4.78 is 6.40. The summed E-state index contributed by atoms with van der Waals surface area (Å²) >= 11 is 0. The standard InChI is InChI=1S/C16H20N4O4/c1-24-7-6-17-15(21)11-20-10-14(9-19-20)18-8-12-2-4-13(5-3-12)16(22)23/h2-5,9-10,18H,6-8,11H2,1H3,(H,17,21)(H,22,23). The van der Waals surface area contributed by atoms with Gasteiger partial charge in [-0.3, -0.25) is 9.48 Å². The van der Waals surface area contributed by atoms with Crippen LogP contribution in [0.2, 0.25) is 0 Å². The maximum absolute atomic E-state index is 11.7. The second-order valence-electron chi connectivity index (χ2n) is 5.12. The van der Waals surface area contributed by atoms with Crippen LogP contribution in [0.25, 0.3) is 0 Å². The number of benzene rings is 1. The molecule has 0 aliphatic heterocycles. The summed E-state index contributed by atoms with van der Waals surface area (Å²) in [6.07, 6.45) is 3.37. The minimum atomic E-state index is -0.945. The van der Waals surface area contributed by atoms with Gasteiger partial charge in [0.1, 0.15) is 6.54 Å². The van der Waals surface area contributed by atoms with Gasteiger partial charge in [0.2, 0.25) is 5.91 Å². The van der Waals surface area contributed by atoms with E-state index in [9.17, 15) is 9.59 Å². The van der Waals surface area contributed by atoms with E-state index in [1.165, 1.54) is 4.68 Å². The van der Waals surface area contributed by atoms with Crippen molar-refractivity contribution >= 4 is 17.6 Å². The van der Waals surface area contributed by atoms with Gasteiger partial charge >= 0.3 is 5.97 Å². The highest BCUT2D eigenvalue weighted by atomic mass is 16.5. The molecule has 8 nitrogen and oxygen atoms in total. The predicted octanol–water partition coefficient (Wildman–Crippen LogP) is 0.956. The summed E-state index contributed by atoms with van der Waals surface area (Å²) in [6.45, 7) is 1.61. The molecule has 0 aliphatic carbocycles. The minimum Gasteiger partial charge on any atom is -0.478 e. The lowest BCUT2D eigenvalue weighted by atomic mass is 10.1. The third-order valence-electron chi connectivity index (χ3n) is 3.26. The number of carboxylic acid groups (broad SMARTS) is 1. The third kappa shape index (κ3) is 5.40. The first-order chi connectivity index (χ1) is 11.6. The van der Waals surface area contributed by atoms with Crippen molar-refractivity contribution in [2.75, 3.05) is 25.6 Å². The van der Waals surface area contributed by atoms with E-state index in [0.29, 0.717) is 19.7 Å². The van der Waals surface area contributed by atoms with Gasteiger partial charge in [-0.1, -0.05) is 12.1 Å². The monoisotopic (exact) mass is 332 g/mol. The minimum absolute atomic E-state index is 0.133. The van der Waals surface area contributed by atoms with E-state index in [2.05, 4.69) is 15.7 Å². The van der Waals surface area contributed by atoms with Gasteiger partial charge in [0.15, 0.2) is 0 Å². The number of methoxy groups -OCH3 is 1. The van der Waals surface area contributed by atoms with Crippen molar-refractivity contribution in [1.29, 1.82) is 0 Å². The fourth-order valence-electron chi connectivity index (χ4n) is 2.01. The van der Waals surface area contributed by atoms with Crippen molar-refractivity contribution in [1.82, 2.24) is 15.1 Å². The van der Waals surface area contributed by atoms with Crippen molar-refractivity contribution < 1.29 is 19.4 Å². The van der Waals surface area contributed by atoms with E-state index < -0.39 is 5.97 Å². The Balaban J connectivity index is 1.80. The number of nitrogens with zero attached hydrogens (tertiary/aromatic N) is 2. The number of ether oxygens (including phenoxy) is 1. The number of carbonyl (C=O) groups excluding carboxylic acids is 1. The zero-order valence-electron chi connectivity index (χ0n) is 13.4. The molecule has 0 spiro atoms. The number of aromatic nitrogens is 2. The maximum Gasteiger partial charge on any atom is 0.335 e. The van der Waals surface area contributed by atoms with Crippen LogP contribution in [0.15, 0.2) is 36.7 Å². The second-order valence-corrected chi connectivity index (χ2v) is 5.12. The number of carbonyl (C=O) groups is 2. The summed E-state index contributed by atoms with van der Waals surface area (Å²) in [5.41, 5.74) is 1.98. The fourth-order valence-corrected chi connectivity index (χ4v) is 2.01.